The molecule has 1 heterocycles. The van der Waals surface area contributed by atoms with E-state index in [1.807, 2.05) is 43.3 Å². The Labute approximate surface area is 245 Å². The minimum Gasteiger partial charge on any atom is -0.494 e. The van der Waals surface area contributed by atoms with E-state index in [-0.39, 0.29) is 23.5 Å². The number of methoxy groups -OCH3 is 2. The summed E-state index contributed by atoms with van der Waals surface area (Å²) in [6.45, 7) is 4.65. The Bertz CT molecular complexity index is 1430. The fourth-order valence-electron chi connectivity index (χ4n) is 3.64. The van der Waals surface area contributed by atoms with Crippen LogP contribution >= 0.6 is 18.7 Å². The van der Waals surface area contributed by atoms with Crippen molar-refractivity contribution in [3.8, 4) is 11.5 Å². The van der Waals surface area contributed by atoms with E-state index in [0.29, 0.717) is 52.8 Å². The smallest absolute Gasteiger partial charge is 0.248 e. The second-order valence-corrected chi connectivity index (χ2v) is 13.1. The lowest BCUT2D eigenvalue weighted by Gasteiger charge is -2.18. The van der Waals surface area contributed by atoms with Crippen molar-refractivity contribution in [2.75, 3.05) is 77.4 Å². The molecule has 0 fully saturated rings. The average molecular weight is 603 g/mol. The Morgan fingerprint density at radius 2 is 1.80 bits per heavy atom. The monoisotopic (exact) mass is 602 g/mol. The predicted octanol–water partition coefficient (Wildman–Crippen LogP) is 4.96. The van der Waals surface area contributed by atoms with E-state index in [1.165, 1.54) is 19.4 Å². The van der Waals surface area contributed by atoms with Gasteiger partial charge in [-0.3, -0.25) is 4.79 Å². The molecule has 0 unspecified atom stereocenters. The number of amides is 1. The van der Waals surface area contributed by atoms with Gasteiger partial charge in [0.15, 0.2) is 5.82 Å². The zero-order valence-corrected chi connectivity index (χ0v) is 25.7. The molecule has 0 aliphatic carbocycles. The summed E-state index contributed by atoms with van der Waals surface area (Å²) in [7, 11) is 4.34. The number of carbonyl (C=O) groups excluding carboxylic acids is 1. The first-order valence-electron chi connectivity index (χ1n) is 12.7. The topological polar surface area (TPSA) is 127 Å². The minimum atomic E-state index is -2.57. The second-order valence-electron chi connectivity index (χ2n) is 9.55. The molecule has 1 amide bonds. The fourth-order valence-corrected chi connectivity index (χ4v) is 4.93. The number of nitrogens with one attached hydrogen (secondary N) is 3. The summed E-state index contributed by atoms with van der Waals surface area (Å²) in [5.41, 5.74) is 1.51. The van der Waals surface area contributed by atoms with E-state index in [1.54, 1.807) is 38.6 Å². The number of carbonyl (C=O) groups is 1. The third-order valence-corrected chi connectivity index (χ3v) is 7.40. The van der Waals surface area contributed by atoms with Crippen LogP contribution < -0.4 is 30.7 Å². The van der Waals surface area contributed by atoms with Crippen LogP contribution in [0.25, 0.3) is 0 Å². The molecule has 2 aromatic carbocycles. The van der Waals surface area contributed by atoms with Gasteiger partial charge in [-0.15, -0.1) is 0 Å². The molecule has 0 spiro atoms. The zero-order chi connectivity index (χ0) is 30.0. The highest BCUT2D eigenvalue weighted by molar-refractivity contribution is 7.70. The number of rotatable bonds is 14. The Kier molecular flexibility index (Phi) is 11.5. The molecule has 0 aliphatic rings. The Morgan fingerprint density at radius 3 is 2.49 bits per heavy atom. The number of anilines is 5. The van der Waals surface area contributed by atoms with Gasteiger partial charge in [0, 0.05) is 31.1 Å². The molecule has 3 aromatic rings. The summed E-state index contributed by atoms with van der Waals surface area (Å²) in [5, 5.41) is 10.1. The Balaban J connectivity index is 1.94. The van der Waals surface area contributed by atoms with Crippen molar-refractivity contribution in [3.63, 3.8) is 0 Å². The van der Waals surface area contributed by atoms with Crippen LogP contribution in [0.15, 0.2) is 54.7 Å². The SMILES string of the molecule is COCCOc1cc(OC)c(Nc2ncc(Cl)c(Nc3ccccc3P(C)(C)=O)n2)cc1NC(=O)C=CCN(C)C. The van der Waals surface area contributed by atoms with E-state index in [2.05, 4.69) is 25.9 Å². The van der Waals surface area contributed by atoms with Crippen LogP contribution in [0.2, 0.25) is 5.02 Å². The van der Waals surface area contributed by atoms with Crippen LogP contribution in [0.5, 0.6) is 11.5 Å². The van der Waals surface area contributed by atoms with Crippen molar-refractivity contribution in [3.05, 3.63) is 59.8 Å². The van der Waals surface area contributed by atoms with E-state index < -0.39 is 7.14 Å². The molecule has 0 atom stereocenters. The number of benzene rings is 2. The quantitative estimate of drug-likeness (QED) is 0.132. The van der Waals surface area contributed by atoms with Gasteiger partial charge in [0.25, 0.3) is 0 Å². The van der Waals surface area contributed by atoms with E-state index in [4.69, 9.17) is 25.8 Å². The van der Waals surface area contributed by atoms with Crippen LogP contribution in [0.4, 0.5) is 28.8 Å². The number of para-hydroxylation sites is 1. The molecule has 13 heteroatoms. The standard InChI is InChI=1S/C28H36ClN6O5P/c1-35(2)13-9-12-26(36)31-22-16-21(23(39-4)17-24(22)40-15-14-38-3)33-28-30-18-19(29)27(34-28)32-20-10-7-8-11-25(20)41(5,6)37/h7-12,16-18H,13-15H2,1-6H3,(H,31,36)(H2,30,32,33,34). The molecule has 0 radical (unpaired) electrons. The number of likely N-dealkylation sites (N-methyl/N-ethyl adjacent to an activating group) is 1. The molecule has 11 nitrogen and oxygen atoms in total. The van der Waals surface area contributed by atoms with Crippen molar-refractivity contribution < 1.29 is 23.6 Å². The third kappa shape index (κ3) is 9.47. The van der Waals surface area contributed by atoms with Gasteiger partial charge in [0.05, 0.1) is 37.0 Å². The van der Waals surface area contributed by atoms with Crippen molar-refractivity contribution >= 4 is 58.8 Å². The van der Waals surface area contributed by atoms with E-state index >= 15 is 0 Å². The van der Waals surface area contributed by atoms with Crippen molar-refractivity contribution in [2.24, 2.45) is 0 Å². The molecule has 3 rings (SSSR count). The van der Waals surface area contributed by atoms with Gasteiger partial charge < -0.3 is 39.6 Å². The first kappa shape index (κ1) is 31.9. The van der Waals surface area contributed by atoms with Crippen LogP contribution in [-0.4, -0.2) is 82.2 Å². The highest BCUT2D eigenvalue weighted by atomic mass is 35.5. The summed E-state index contributed by atoms with van der Waals surface area (Å²) >= 11 is 6.41. The first-order chi connectivity index (χ1) is 19.5. The second kappa shape index (κ2) is 14.8. The lowest BCUT2D eigenvalue weighted by Crippen LogP contribution is -2.14. The molecule has 0 aliphatic heterocycles. The van der Waals surface area contributed by atoms with Crippen molar-refractivity contribution in [2.45, 2.75) is 0 Å². The maximum absolute atomic E-state index is 12.8. The predicted molar refractivity (Wildman–Crippen MR) is 166 cm³/mol. The Hall–Kier alpha value is -3.63. The van der Waals surface area contributed by atoms with Crippen molar-refractivity contribution in [1.82, 2.24) is 14.9 Å². The molecule has 0 saturated carbocycles. The highest BCUT2D eigenvalue weighted by Gasteiger charge is 2.18. The molecular weight excluding hydrogens is 567 g/mol. The molecule has 3 N–H and O–H groups in total. The number of hydrogen-bond acceptors (Lipinski definition) is 10. The van der Waals surface area contributed by atoms with Crippen molar-refractivity contribution in [1.29, 1.82) is 0 Å². The molecule has 220 valence electrons. The summed E-state index contributed by atoms with van der Waals surface area (Å²) in [4.78, 5) is 23.4. The number of aromatic nitrogens is 2. The minimum absolute atomic E-state index is 0.208. The lowest BCUT2D eigenvalue weighted by molar-refractivity contribution is -0.111. The number of ether oxygens (including phenoxy) is 3. The summed E-state index contributed by atoms with van der Waals surface area (Å²) in [6, 6.07) is 10.6. The highest BCUT2D eigenvalue weighted by Crippen LogP contribution is 2.40. The third-order valence-electron chi connectivity index (χ3n) is 5.57. The van der Waals surface area contributed by atoms with Gasteiger partial charge in [0.1, 0.15) is 30.3 Å². The molecule has 0 saturated heterocycles. The van der Waals surface area contributed by atoms with Gasteiger partial charge in [-0.05, 0) is 45.6 Å². The summed E-state index contributed by atoms with van der Waals surface area (Å²) < 4.78 is 29.3. The van der Waals surface area contributed by atoms with E-state index in [0.717, 1.165) is 0 Å². The van der Waals surface area contributed by atoms with Gasteiger partial charge in [-0.1, -0.05) is 29.8 Å². The normalized spacial score (nSPS) is 11.5. The average Bonchev–Trinajstić information content (AvgIpc) is 2.91. The van der Waals surface area contributed by atoms with Crippen LogP contribution in [0.1, 0.15) is 0 Å². The molecule has 0 bridgehead atoms. The lowest BCUT2D eigenvalue weighted by atomic mass is 10.2. The fraction of sp³-hybridized carbons (Fsp3) is 0.321. The van der Waals surface area contributed by atoms with Gasteiger partial charge >= 0.3 is 0 Å². The van der Waals surface area contributed by atoms with Gasteiger partial charge in [-0.25, -0.2) is 4.98 Å². The maximum Gasteiger partial charge on any atom is 0.248 e. The number of halogens is 1. The Morgan fingerprint density at radius 1 is 1.05 bits per heavy atom. The van der Waals surface area contributed by atoms with Crippen LogP contribution in [-0.2, 0) is 14.1 Å². The molecular formula is C28H36ClN6O5P. The van der Waals surface area contributed by atoms with Gasteiger partial charge in [-0.2, -0.15) is 4.98 Å². The van der Waals surface area contributed by atoms with Crippen LogP contribution in [0.3, 0.4) is 0 Å². The van der Waals surface area contributed by atoms with E-state index in [9.17, 15) is 9.36 Å². The zero-order valence-electron chi connectivity index (χ0n) is 24.0. The number of hydrogen-bond donors (Lipinski definition) is 3. The largest absolute Gasteiger partial charge is 0.494 e. The van der Waals surface area contributed by atoms with Gasteiger partial charge in [0.2, 0.25) is 11.9 Å². The first-order valence-corrected chi connectivity index (χ1v) is 15.7. The summed E-state index contributed by atoms with van der Waals surface area (Å²) in [6.07, 6.45) is 4.67. The molecule has 1 aromatic heterocycles. The maximum atomic E-state index is 12.8. The summed E-state index contributed by atoms with van der Waals surface area (Å²) in [5.74, 6) is 1.04. The molecule has 41 heavy (non-hydrogen) atoms. The van der Waals surface area contributed by atoms with Crippen LogP contribution in [0, 0.1) is 0 Å². The number of nitrogens with zero attached hydrogens (tertiary/aromatic N) is 3.